The van der Waals surface area contributed by atoms with Crippen LogP contribution in [0, 0.1) is 5.41 Å². The maximum Gasteiger partial charge on any atom is 0.234 e. The Morgan fingerprint density at radius 3 is 2.46 bits per heavy atom. The average molecular weight is 416 g/mol. The number of amides is 1. The number of hydrogen-bond acceptors (Lipinski definition) is 3. The van der Waals surface area contributed by atoms with Crippen LogP contribution in [-0.4, -0.2) is 22.0 Å². The van der Waals surface area contributed by atoms with Crippen LogP contribution in [0.2, 0.25) is 0 Å². The minimum absolute atomic E-state index is 0. The van der Waals surface area contributed by atoms with Crippen molar-refractivity contribution in [1.82, 2.24) is 9.55 Å². The Morgan fingerprint density at radius 2 is 1.92 bits per heavy atom. The molecule has 0 spiro atoms. The lowest BCUT2D eigenvalue weighted by Gasteiger charge is -2.28. The SMILES string of the molecule is CCC(CC)(CN)C(=O)Nc1nccn1Cc1ccc(Br)cc1.Cl. The van der Waals surface area contributed by atoms with E-state index in [9.17, 15) is 4.79 Å². The molecule has 0 radical (unpaired) electrons. The molecule has 5 nitrogen and oxygen atoms in total. The molecule has 0 aliphatic rings. The second kappa shape index (κ2) is 9.20. The third-order valence-electron chi connectivity index (χ3n) is 4.43. The topological polar surface area (TPSA) is 72.9 Å². The number of aromatic nitrogens is 2. The predicted molar refractivity (Wildman–Crippen MR) is 103 cm³/mol. The Labute approximate surface area is 157 Å². The fourth-order valence-electron chi connectivity index (χ4n) is 2.53. The van der Waals surface area contributed by atoms with E-state index in [0.29, 0.717) is 31.9 Å². The number of hydrogen-bond donors (Lipinski definition) is 2. The first-order valence-corrected chi connectivity index (χ1v) is 8.61. The van der Waals surface area contributed by atoms with Crippen molar-refractivity contribution < 1.29 is 4.79 Å². The monoisotopic (exact) mass is 414 g/mol. The second-order valence-corrected chi connectivity index (χ2v) is 6.57. The highest BCUT2D eigenvalue weighted by atomic mass is 79.9. The minimum atomic E-state index is -0.533. The van der Waals surface area contributed by atoms with E-state index in [-0.39, 0.29) is 18.3 Å². The molecule has 0 unspecified atom stereocenters. The molecule has 0 fully saturated rings. The first kappa shape index (κ1) is 20.7. The smallest absolute Gasteiger partial charge is 0.234 e. The summed E-state index contributed by atoms with van der Waals surface area (Å²) in [4.78, 5) is 16.9. The standard InChI is InChI=1S/C17H23BrN4O.ClH/c1-3-17(4-2,12-19)15(23)21-16-20-9-10-22(16)11-13-5-7-14(18)8-6-13;/h5-10H,3-4,11-12,19H2,1-2H3,(H,20,21,23);1H. The second-order valence-electron chi connectivity index (χ2n) is 5.65. The fraction of sp³-hybridized carbons (Fsp3) is 0.412. The lowest BCUT2D eigenvalue weighted by molar-refractivity contribution is -0.125. The quantitative estimate of drug-likeness (QED) is 0.722. The number of rotatable bonds is 7. The van der Waals surface area contributed by atoms with Gasteiger partial charge in [0.2, 0.25) is 11.9 Å². The van der Waals surface area contributed by atoms with Gasteiger partial charge in [0.15, 0.2) is 0 Å². The molecular formula is C17H24BrClN4O. The lowest BCUT2D eigenvalue weighted by Crippen LogP contribution is -2.42. The molecule has 0 aliphatic heterocycles. The van der Waals surface area contributed by atoms with Crippen LogP contribution in [0.3, 0.4) is 0 Å². The van der Waals surface area contributed by atoms with Crippen molar-refractivity contribution in [3.63, 3.8) is 0 Å². The summed E-state index contributed by atoms with van der Waals surface area (Å²) in [7, 11) is 0. The van der Waals surface area contributed by atoms with E-state index < -0.39 is 5.41 Å². The van der Waals surface area contributed by atoms with E-state index in [2.05, 4.69) is 26.2 Å². The zero-order valence-electron chi connectivity index (χ0n) is 14.0. The normalized spacial score (nSPS) is 11.0. The molecule has 1 heterocycles. The molecule has 0 atom stereocenters. The van der Waals surface area contributed by atoms with Crippen LogP contribution < -0.4 is 11.1 Å². The van der Waals surface area contributed by atoms with Gasteiger partial charge in [-0.25, -0.2) is 4.98 Å². The molecule has 3 N–H and O–H groups in total. The molecule has 0 saturated carbocycles. The minimum Gasteiger partial charge on any atom is -0.329 e. The van der Waals surface area contributed by atoms with Crippen molar-refractivity contribution in [3.05, 3.63) is 46.7 Å². The highest BCUT2D eigenvalue weighted by Gasteiger charge is 2.34. The van der Waals surface area contributed by atoms with Gasteiger partial charge in [-0.15, -0.1) is 12.4 Å². The molecule has 1 aromatic carbocycles. The average Bonchev–Trinajstić information content (AvgIpc) is 2.99. The van der Waals surface area contributed by atoms with E-state index >= 15 is 0 Å². The van der Waals surface area contributed by atoms with Gasteiger partial charge in [0, 0.05) is 23.4 Å². The fourth-order valence-corrected chi connectivity index (χ4v) is 2.80. The molecular weight excluding hydrogens is 392 g/mol. The van der Waals surface area contributed by atoms with Crippen molar-refractivity contribution in [3.8, 4) is 0 Å². The highest BCUT2D eigenvalue weighted by Crippen LogP contribution is 2.26. The van der Waals surface area contributed by atoms with Gasteiger partial charge in [-0.05, 0) is 30.5 Å². The van der Waals surface area contributed by atoms with E-state index in [1.165, 1.54) is 0 Å². The predicted octanol–water partition coefficient (Wildman–Crippen LogP) is 3.82. The summed E-state index contributed by atoms with van der Waals surface area (Å²) in [5.74, 6) is 0.492. The van der Waals surface area contributed by atoms with Crippen molar-refractivity contribution in [2.24, 2.45) is 11.1 Å². The summed E-state index contributed by atoms with van der Waals surface area (Å²) in [5, 5.41) is 2.94. The van der Waals surface area contributed by atoms with Crippen LogP contribution in [0.1, 0.15) is 32.3 Å². The van der Waals surface area contributed by atoms with Crippen LogP contribution in [0.15, 0.2) is 41.1 Å². The van der Waals surface area contributed by atoms with Crippen LogP contribution in [-0.2, 0) is 11.3 Å². The van der Waals surface area contributed by atoms with E-state index in [0.717, 1.165) is 10.0 Å². The van der Waals surface area contributed by atoms with Gasteiger partial charge in [-0.3, -0.25) is 10.1 Å². The molecule has 24 heavy (non-hydrogen) atoms. The Balaban J connectivity index is 0.00000288. The van der Waals surface area contributed by atoms with Gasteiger partial charge in [0.25, 0.3) is 0 Å². The maximum absolute atomic E-state index is 12.6. The number of nitrogens with two attached hydrogens (primary N) is 1. The third-order valence-corrected chi connectivity index (χ3v) is 4.96. The highest BCUT2D eigenvalue weighted by molar-refractivity contribution is 9.10. The van der Waals surface area contributed by atoms with E-state index in [1.807, 2.05) is 48.9 Å². The first-order valence-electron chi connectivity index (χ1n) is 7.81. The Kier molecular flexibility index (Phi) is 7.93. The molecule has 132 valence electrons. The molecule has 2 aromatic rings. The number of carbonyl (C=O) groups is 1. The number of carbonyl (C=O) groups excluding carboxylic acids is 1. The Bertz CT molecular complexity index is 645. The number of halogens is 2. The largest absolute Gasteiger partial charge is 0.329 e. The summed E-state index contributed by atoms with van der Waals surface area (Å²) in [6.07, 6.45) is 4.97. The van der Waals surface area contributed by atoms with Crippen LogP contribution >= 0.6 is 28.3 Å². The Morgan fingerprint density at radius 1 is 1.29 bits per heavy atom. The summed E-state index contributed by atoms with van der Waals surface area (Å²) >= 11 is 3.43. The molecule has 0 bridgehead atoms. The lowest BCUT2D eigenvalue weighted by atomic mass is 9.81. The summed E-state index contributed by atoms with van der Waals surface area (Å²) < 4.78 is 2.97. The van der Waals surface area contributed by atoms with Crippen molar-refractivity contribution in [2.45, 2.75) is 33.2 Å². The molecule has 1 aromatic heterocycles. The number of benzene rings is 1. The number of imidazole rings is 1. The molecule has 2 rings (SSSR count). The van der Waals surface area contributed by atoms with E-state index in [4.69, 9.17) is 5.73 Å². The first-order chi connectivity index (χ1) is 11.0. The summed E-state index contributed by atoms with van der Waals surface area (Å²) in [6.45, 7) is 4.96. The molecule has 1 amide bonds. The zero-order chi connectivity index (χ0) is 16.9. The summed E-state index contributed by atoms with van der Waals surface area (Å²) in [5.41, 5.74) is 6.45. The molecule has 7 heteroatoms. The number of nitrogens with zero attached hydrogens (tertiary/aromatic N) is 2. The van der Waals surface area contributed by atoms with Crippen LogP contribution in [0.25, 0.3) is 0 Å². The van der Waals surface area contributed by atoms with Gasteiger partial charge < -0.3 is 10.3 Å². The number of nitrogens with one attached hydrogen (secondary N) is 1. The van der Waals surface area contributed by atoms with Crippen LogP contribution in [0.4, 0.5) is 5.95 Å². The van der Waals surface area contributed by atoms with Crippen LogP contribution in [0.5, 0.6) is 0 Å². The van der Waals surface area contributed by atoms with Gasteiger partial charge in [-0.1, -0.05) is 41.9 Å². The maximum atomic E-state index is 12.6. The Hall–Kier alpha value is -1.37. The van der Waals surface area contributed by atoms with Gasteiger partial charge in [0.1, 0.15) is 0 Å². The van der Waals surface area contributed by atoms with Crippen molar-refractivity contribution in [1.29, 1.82) is 0 Å². The van der Waals surface area contributed by atoms with Gasteiger partial charge >= 0.3 is 0 Å². The van der Waals surface area contributed by atoms with Gasteiger partial charge in [-0.2, -0.15) is 0 Å². The molecule has 0 aliphatic carbocycles. The van der Waals surface area contributed by atoms with E-state index in [1.54, 1.807) is 6.20 Å². The third kappa shape index (κ3) is 4.59. The molecule has 0 saturated heterocycles. The van der Waals surface area contributed by atoms with Gasteiger partial charge in [0.05, 0.1) is 12.0 Å². The summed E-state index contributed by atoms with van der Waals surface area (Å²) in [6, 6.07) is 8.08. The zero-order valence-corrected chi connectivity index (χ0v) is 16.4. The number of anilines is 1. The van der Waals surface area contributed by atoms with Crippen molar-refractivity contribution >= 4 is 40.2 Å². The van der Waals surface area contributed by atoms with Crippen molar-refractivity contribution in [2.75, 3.05) is 11.9 Å².